The lowest BCUT2D eigenvalue weighted by Gasteiger charge is -2.32. The highest BCUT2D eigenvalue weighted by Crippen LogP contribution is 2.46. The second-order valence-corrected chi connectivity index (χ2v) is 15.4. The number of hydrogen-bond donors (Lipinski definition) is 1. The second kappa shape index (κ2) is 11.7. The molecule has 6 rings (SSSR count). The highest BCUT2D eigenvalue weighted by atomic mass is 19.4. The molecule has 254 valence electrons. The second-order valence-electron chi connectivity index (χ2n) is 15.4. The van der Waals surface area contributed by atoms with Crippen molar-refractivity contribution >= 4 is 21.8 Å². The lowest BCUT2D eigenvalue weighted by molar-refractivity contribution is -0.138. The van der Waals surface area contributed by atoms with Crippen LogP contribution in [0.5, 0.6) is 0 Å². The molecule has 0 bridgehead atoms. The van der Waals surface area contributed by atoms with E-state index in [1.165, 1.54) is 24.3 Å². The number of halogens is 6. The van der Waals surface area contributed by atoms with E-state index in [1.807, 2.05) is 0 Å². The minimum Gasteiger partial charge on any atom is -0.336 e. The number of hydrogen-bond acceptors (Lipinski definition) is 1. The van der Waals surface area contributed by atoms with Crippen molar-refractivity contribution in [1.29, 1.82) is 0 Å². The largest absolute Gasteiger partial charge is 0.416 e. The Balaban J connectivity index is 1.71. The van der Waals surface area contributed by atoms with Gasteiger partial charge in [0, 0.05) is 33.9 Å². The van der Waals surface area contributed by atoms with E-state index in [0.29, 0.717) is 11.1 Å². The highest BCUT2D eigenvalue weighted by Gasteiger charge is 2.33. The summed E-state index contributed by atoms with van der Waals surface area (Å²) >= 11 is 0. The summed E-state index contributed by atoms with van der Waals surface area (Å²) in [6.45, 7) is 12.6. The first-order valence-electron chi connectivity index (χ1n) is 16.5. The summed E-state index contributed by atoms with van der Waals surface area (Å²) in [5.41, 5.74) is 11.8. The normalized spacial score (nSPS) is 18.2. The van der Waals surface area contributed by atoms with Crippen molar-refractivity contribution in [1.82, 2.24) is 4.57 Å². The maximum Gasteiger partial charge on any atom is 0.416 e. The molecule has 0 saturated heterocycles. The van der Waals surface area contributed by atoms with E-state index in [9.17, 15) is 26.3 Å². The molecule has 1 aromatic heterocycles. The molecule has 0 spiro atoms. The number of rotatable bonds is 3. The van der Waals surface area contributed by atoms with Crippen LogP contribution in [0.1, 0.15) is 95.5 Å². The van der Waals surface area contributed by atoms with E-state index in [4.69, 9.17) is 5.73 Å². The third-order valence-electron chi connectivity index (χ3n) is 9.86. The Morgan fingerprint density at radius 1 is 0.562 bits per heavy atom. The van der Waals surface area contributed by atoms with Gasteiger partial charge in [-0.3, -0.25) is 0 Å². The number of nitrogens with two attached hydrogens (primary N) is 1. The summed E-state index contributed by atoms with van der Waals surface area (Å²) in [7, 11) is 0. The van der Waals surface area contributed by atoms with Crippen molar-refractivity contribution in [3.05, 3.63) is 95.1 Å². The summed E-state index contributed by atoms with van der Waals surface area (Å²) < 4.78 is 83.3. The molecule has 1 aliphatic carbocycles. The molecular weight excluding hydrogens is 622 g/mol. The summed E-state index contributed by atoms with van der Waals surface area (Å²) in [4.78, 5) is 0. The van der Waals surface area contributed by atoms with Gasteiger partial charge < -0.3 is 10.3 Å². The van der Waals surface area contributed by atoms with Gasteiger partial charge in [0.1, 0.15) is 0 Å². The van der Waals surface area contributed by atoms with Crippen molar-refractivity contribution in [2.45, 2.75) is 102 Å². The average molecular weight is 665 g/mol. The fourth-order valence-corrected chi connectivity index (χ4v) is 7.35. The van der Waals surface area contributed by atoms with Gasteiger partial charge in [-0.05, 0) is 106 Å². The van der Waals surface area contributed by atoms with Crippen LogP contribution in [0.25, 0.3) is 44.1 Å². The average Bonchev–Trinajstić information content (AvgIpc) is 3.31. The van der Waals surface area contributed by atoms with Crippen molar-refractivity contribution in [3.63, 3.8) is 0 Å². The van der Waals surface area contributed by atoms with E-state index in [2.05, 4.69) is 70.4 Å². The molecule has 1 fully saturated rings. The lowest BCUT2D eigenvalue weighted by Crippen LogP contribution is -2.35. The third kappa shape index (κ3) is 6.24. The zero-order chi connectivity index (χ0) is 35.0. The van der Waals surface area contributed by atoms with E-state index in [-0.39, 0.29) is 22.9 Å². The van der Waals surface area contributed by atoms with Crippen LogP contribution < -0.4 is 5.73 Å². The first kappa shape index (κ1) is 34.1. The molecule has 1 aliphatic rings. The molecule has 1 heterocycles. The van der Waals surface area contributed by atoms with Gasteiger partial charge in [0.25, 0.3) is 0 Å². The smallest absolute Gasteiger partial charge is 0.336 e. The summed E-state index contributed by atoms with van der Waals surface area (Å²) in [6.07, 6.45) is -4.97. The fourth-order valence-electron chi connectivity index (χ4n) is 7.35. The van der Waals surface area contributed by atoms with Crippen LogP contribution in [-0.2, 0) is 23.2 Å². The predicted octanol–water partition coefficient (Wildman–Crippen LogP) is 12.2. The van der Waals surface area contributed by atoms with Gasteiger partial charge in [-0.15, -0.1) is 0 Å². The molecule has 0 unspecified atom stereocenters. The summed E-state index contributed by atoms with van der Waals surface area (Å²) in [5, 5.41) is 1.86. The molecule has 8 heteroatoms. The number of nitrogens with zero attached hydrogens (tertiary/aromatic N) is 1. The minimum atomic E-state index is -4.44. The molecule has 5 aromatic rings. The van der Waals surface area contributed by atoms with Gasteiger partial charge in [-0.1, -0.05) is 78.6 Å². The zero-order valence-corrected chi connectivity index (χ0v) is 28.2. The Bertz CT molecular complexity index is 1830. The Morgan fingerprint density at radius 3 is 1.27 bits per heavy atom. The van der Waals surface area contributed by atoms with E-state index < -0.39 is 23.5 Å². The maximum atomic E-state index is 13.5. The van der Waals surface area contributed by atoms with Gasteiger partial charge in [-0.25, -0.2) is 0 Å². The van der Waals surface area contributed by atoms with Gasteiger partial charge in [0.2, 0.25) is 0 Å². The molecular formula is C40H42F6N2. The first-order valence-corrected chi connectivity index (χ1v) is 16.5. The highest BCUT2D eigenvalue weighted by molar-refractivity contribution is 6.11. The van der Waals surface area contributed by atoms with E-state index in [0.717, 1.165) is 94.0 Å². The molecule has 0 amide bonds. The number of aromatic nitrogens is 1. The first-order chi connectivity index (χ1) is 22.2. The monoisotopic (exact) mass is 664 g/mol. The number of benzene rings is 4. The van der Waals surface area contributed by atoms with Crippen molar-refractivity contribution in [3.8, 4) is 22.3 Å². The van der Waals surface area contributed by atoms with Crippen LogP contribution in [0, 0.1) is 0 Å². The summed E-state index contributed by atoms with van der Waals surface area (Å²) in [6, 6.07) is 19.1. The molecule has 2 atom stereocenters. The molecule has 1 saturated carbocycles. The minimum absolute atomic E-state index is 0.0354. The predicted molar refractivity (Wildman–Crippen MR) is 183 cm³/mol. The van der Waals surface area contributed by atoms with Gasteiger partial charge >= 0.3 is 12.4 Å². The Kier molecular flexibility index (Phi) is 8.30. The van der Waals surface area contributed by atoms with Crippen LogP contribution >= 0.6 is 0 Å². The van der Waals surface area contributed by atoms with Gasteiger partial charge in [-0.2, -0.15) is 26.3 Å². The van der Waals surface area contributed by atoms with Crippen LogP contribution in [0.4, 0.5) is 26.3 Å². The SMILES string of the molecule is CC(C)(C)c1cc2c(cc1-c1ccc(C(F)(F)F)cc1)c1cc(-c3ccc(C(F)(F)F)cc3)c(C(C)(C)C)cc1n2[C@@H]1CCCC[C@H]1N. The summed E-state index contributed by atoms with van der Waals surface area (Å²) in [5.74, 6) is 0. The van der Waals surface area contributed by atoms with Crippen molar-refractivity contribution in [2.75, 3.05) is 0 Å². The van der Waals surface area contributed by atoms with E-state index in [1.54, 1.807) is 0 Å². The number of alkyl halides is 6. The molecule has 4 aromatic carbocycles. The Morgan fingerprint density at radius 2 is 0.938 bits per heavy atom. The maximum absolute atomic E-state index is 13.5. The quantitative estimate of drug-likeness (QED) is 0.191. The Hall–Kier alpha value is -3.78. The van der Waals surface area contributed by atoms with E-state index >= 15 is 0 Å². The standard InChI is InChI=1S/C40H42F6N2/c1-37(2,3)31-21-35-29(19-27(31)23-11-15-25(16-12-23)39(41,42)43)30-20-28(24-13-17-26(18-14-24)40(44,45)46)32(38(4,5)6)22-36(30)48(35)34-10-8-7-9-33(34)47/h11-22,33-34H,7-10,47H2,1-6H3/t33-,34-/m1/s1. The van der Waals surface area contributed by atoms with Crippen LogP contribution in [-0.4, -0.2) is 10.6 Å². The molecule has 48 heavy (non-hydrogen) atoms. The van der Waals surface area contributed by atoms with Crippen LogP contribution in [0.2, 0.25) is 0 Å². The molecule has 0 aliphatic heterocycles. The fraction of sp³-hybridized carbons (Fsp3) is 0.400. The topological polar surface area (TPSA) is 30.9 Å². The molecule has 2 N–H and O–H groups in total. The van der Waals surface area contributed by atoms with Gasteiger partial charge in [0.05, 0.1) is 11.1 Å². The Labute approximate surface area is 277 Å². The number of fused-ring (bicyclic) bond motifs is 3. The van der Waals surface area contributed by atoms with Crippen molar-refractivity contribution in [2.24, 2.45) is 5.73 Å². The van der Waals surface area contributed by atoms with Crippen LogP contribution in [0.15, 0.2) is 72.8 Å². The zero-order valence-electron chi connectivity index (χ0n) is 28.2. The van der Waals surface area contributed by atoms with Gasteiger partial charge in [0.15, 0.2) is 0 Å². The lowest BCUT2D eigenvalue weighted by atomic mass is 9.80. The molecule has 0 radical (unpaired) electrons. The third-order valence-corrected chi connectivity index (χ3v) is 9.86. The molecule has 2 nitrogen and oxygen atoms in total. The van der Waals surface area contributed by atoms with Crippen molar-refractivity contribution < 1.29 is 26.3 Å². The van der Waals surface area contributed by atoms with Crippen LogP contribution in [0.3, 0.4) is 0 Å².